The monoisotopic (exact) mass is 692 g/mol. The molecule has 3 saturated heterocycles. The van der Waals surface area contributed by atoms with E-state index in [0.717, 1.165) is 30.7 Å². The van der Waals surface area contributed by atoms with Crippen LogP contribution in [0.5, 0.6) is 0 Å². The number of hydrogen-bond donors (Lipinski definition) is 11. The standard InChI is InChI=1S/C28H44N4O16/c1-9(34)29-13-16(38)15(37)11(8-33)45-24(13)48-25-14(30-10(2)35)17(39)18(40)21(47-25)27(3,4)28(5,44)22-19(41)20(42)23(46-22)32-7-6-12(36)31-26(32)43/h6-7,11,13-25,33,37-42,44H,8H2,1-5H3,(H,29,34)(H,30,35)(H,31,36,43)/t11-,13-,14+,15+,16-,17-,18-,19?,20?,21?,22?,23?,24?,25?,28?/m1/s1. The van der Waals surface area contributed by atoms with Crippen molar-refractivity contribution in [3.63, 3.8) is 0 Å². The van der Waals surface area contributed by atoms with Crippen LogP contribution in [-0.4, -0.2) is 154 Å². The van der Waals surface area contributed by atoms with Gasteiger partial charge in [-0.2, -0.15) is 0 Å². The second-order valence-corrected chi connectivity index (χ2v) is 13.0. The maximum atomic E-state index is 12.4. The SMILES string of the molecule is CC(=O)N[C@@H]1C(OC2O[C@H](CO)[C@H](O)[C@H](O)[C@H]2NC(C)=O)OC(C(C)(C)C(C)(O)C2OC(n3ccc(=O)[nH]c3=O)C(O)C2O)[C@H](O)[C@@H]1O. The Labute approximate surface area is 272 Å². The summed E-state index contributed by atoms with van der Waals surface area (Å²) in [5, 5.41) is 91.9. The van der Waals surface area contributed by atoms with Crippen LogP contribution in [0, 0.1) is 5.41 Å². The van der Waals surface area contributed by atoms with Crippen LogP contribution in [-0.2, 0) is 28.5 Å². The Balaban J connectivity index is 1.67. The van der Waals surface area contributed by atoms with Gasteiger partial charge in [0, 0.05) is 31.5 Å². The van der Waals surface area contributed by atoms with Gasteiger partial charge in [-0.25, -0.2) is 4.79 Å². The fourth-order valence-corrected chi connectivity index (χ4v) is 6.32. The third-order valence-corrected chi connectivity index (χ3v) is 9.42. The number of carbonyl (C=O) groups excluding carboxylic acids is 2. The Morgan fingerprint density at radius 2 is 1.35 bits per heavy atom. The molecule has 4 rings (SSSR count). The molecule has 3 aliphatic heterocycles. The van der Waals surface area contributed by atoms with Gasteiger partial charge in [-0.1, -0.05) is 13.8 Å². The van der Waals surface area contributed by atoms with E-state index in [9.17, 15) is 60.0 Å². The average molecular weight is 693 g/mol. The largest absolute Gasteiger partial charge is 0.394 e. The summed E-state index contributed by atoms with van der Waals surface area (Å²) >= 11 is 0. The molecule has 11 N–H and O–H groups in total. The molecule has 0 spiro atoms. The van der Waals surface area contributed by atoms with Crippen LogP contribution in [0.2, 0.25) is 0 Å². The lowest BCUT2D eigenvalue weighted by molar-refractivity contribution is -0.361. The van der Waals surface area contributed by atoms with Crippen LogP contribution in [0.3, 0.4) is 0 Å². The molecule has 2 amide bonds. The zero-order valence-electron chi connectivity index (χ0n) is 26.7. The minimum Gasteiger partial charge on any atom is -0.394 e. The number of ether oxygens (including phenoxy) is 4. The van der Waals surface area contributed by atoms with E-state index >= 15 is 0 Å². The van der Waals surface area contributed by atoms with E-state index in [2.05, 4.69) is 10.6 Å². The molecule has 1 aromatic heterocycles. The third-order valence-electron chi connectivity index (χ3n) is 9.42. The predicted octanol–water partition coefficient (Wildman–Crippen LogP) is -6.16. The van der Waals surface area contributed by atoms with Gasteiger partial charge in [-0.05, 0) is 6.92 Å². The molecule has 1 aromatic rings. The molecule has 0 aromatic carbocycles. The lowest BCUT2D eigenvalue weighted by Crippen LogP contribution is -2.72. The number of hydrogen-bond acceptors (Lipinski definition) is 16. The van der Waals surface area contributed by atoms with E-state index in [0.29, 0.717) is 0 Å². The van der Waals surface area contributed by atoms with Gasteiger partial charge in [0.05, 0.1) is 18.3 Å². The molecule has 0 aliphatic carbocycles. The molecule has 15 atom stereocenters. The van der Waals surface area contributed by atoms with Gasteiger partial charge in [0.25, 0.3) is 5.56 Å². The highest BCUT2D eigenvalue weighted by Crippen LogP contribution is 2.48. The Hall–Kier alpha value is -2.86. The summed E-state index contributed by atoms with van der Waals surface area (Å²) in [5.41, 5.74) is -5.74. The quantitative estimate of drug-likeness (QED) is 0.115. The molecule has 0 saturated carbocycles. The van der Waals surface area contributed by atoms with Crippen molar-refractivity contribution in [3.05, 3.63) is 33.1 Å². The number of H-pyrrole nitrogens is 1. The second kappa shape index (κ2) is 14.2. The molecular formula is C28H44N4O16. The zero-order valence-corrected chi connectivity index (χ0v) is 26.7. The number of carbonyl (C=O) groups is 2. The maximum Gasteiger partial charge on any atom is 0.330 e. The summed E-state index contributed by atoms with van der Waals surface area (Å²) in [7, 11) is 0. The lowest BCUT2D eigenvalue weighted by atomic mass is 9.65. The summed E-state index contributed by atoms with van der Waals surface area (Å²) in [6.07, 6.45) is -19.5. The van der Waals surface area contributed by atoms with Crippen LogP contribution in [0.4, 0.5) is 0 Å². The molecule has 3 fully saturated rings. The van der Waals surface area contributed by atoms with Gasteiger partial charge in [0.2, 0.25) is 11.8 Å². The van der Waals surface area contributed by atoms with Gasteiger partial charge >= 0.3 is 5.69 Å². The second-order valence-electron chi connectivity index (χ2n) is 13.0. The van der Waals surface area contributed by atoms with Crippen LogP contribution in [0.15, 0.2) is 21.9 Å². The van der Waals surface area contributed by atoms with E-state index in [1.54, 1.807) is 0 Å². The van der Waals surface area contributed by atoms with Crippen LogP contribution in [0.25, 0.3) is 0 Å². The summed E-state index contributed by atoms with van der Waals surface area (Å²) in [5.74, 6) is -1.36. The van der Waals surface area contributed by atoms with E-state index in [4.69, 9.17) is 18.9 Å². The van der Waals surface area contributed by atoms with Crippen LogP contribution in [0.1, 0.15) is 40.8 Å². The molecule has 4 heterocycles. The highest BCUT2D eigenvalue weighted by molar-refractivity contribution is 5.73. The number of nitrogens with zero attached hydrogens (tertiary/aromatic N) is 1. The first-order valence-corrected chi connectivity index (χ1v) is 15.1. The van der Waals surface area contributed by atoms with E-state index in [1.807, 2.05) is 4.98 Å². The van der Waals surface area contributed by atoms with Gasteiger partial charge in [-0.15, -0.1) is 0 Å². The molecule has 20 heteroatoms. The van der Waals surface area contributed by atoms with Crippen LogP contribution >= 0.6 is 0 Å². The summed E-state index contributed by atoms with van der Waals surface area (Å²) in [6.45, 7) is 5.34. The fourth-order valence-electron chi connectivity index (χ4n) is 6.32. The Morgan fingerprint density at radius 1 is 0.833 bits per heavy atom. The van der Waals surface area contributed by atoms with Gasteiger partial charge in [0.15, 0.2) is 18.8 Å². The van der Waals surface area contributed by atoms with Crippen molar-refractivity contribution in [1.29, 1.82) is 0 Å². The number of aliphatic hydroxyl groups is 8. The Morgan fingerprint density at radius 3 is 1.88 bits per heavy atom. The molecule has 0 radical (unpaired) electrons. The average Bonchev–Trinajstić information content (AvgIpc) is 3.29. The molecule has 20 nitrogen and oxygen atoms in total. The lowest BCUT2D eigenvalue weighted by Gasteiger charge is -2.54. The van der Waals surface area contributed by atoms with Crippen molar-refractivity contribution < 1.29 is 69.4 Å². The number of aromatic nitrogens is 2. The predicted molar refractivity (Wildman–Crippen MR) is 156 cm³/mol. The Bertz CT molecular complexity index is 1430. The molecule has 48 heavy (non-hydrogen) atoms. The van der Waals surface area contributed by atoms with E-state index < -0.39 is 127 Å². The van der Waals surface area contributed by atoms with Crippen molar-refractivity contribution in [2.24, 2.45) is 5.41 Å². The zero-order chi connectivity index (χ0) is 36.0. The highest BCUT2D eigenvalue weighted by Gasteiger charge is 2.63. The highest BCUT2D eigenvalue weighted by atomic mass is 16.8. The first-order chi connectivity index (χ1) is 22.2. The molecular weight excluding hydrogens is 648 g/mol. The minimum absolute atomic E-state index is 0.667. The fraction of sp³-hybridized carbons (Fsp3) is 0.786. The number of nitrogens with one attached hydrogen (secondary N) is 3. The first kappa shape index (κ1) is 38.0. The summed E-state index contributed by atoms with van der Waals surface area (Å²) in [6, 6.07) is -2.01. The normalized spacial score (nSPS) is 40.2. The summed E-state index contributed by atoms with van der Waals surface area (Å²) < 4.78 is 24.2. The number of amides is 2. The van der Waals surface area contributed by atoms with Gasteiger partial charge in [0.1, 0.15) is 60.9 Å². The molecule has 272 valence electrons. The van der Waals surface area contributed by atoms with Gasteiger partial charge in [-0.3, -0.25) is 23.9 Å². The van der Waals surface area contributed by atoms with Crippen molar-refractivity contribution >= 4 is 11.8 Å². The Kier molecular flexibility index (Phi) is 11.2. The van der Waals surface area contributed by atoms with Crippen LogP contribution < -0.4 is 21.9 Å². The minimum atomic E-state index is -2.27. The van der Waals surface area contributed by atoms with E-state index in [1.165, 1.54) is 20.8 Å². The maximum absolute atomic E-state index is 12.4. The van der Waals surface area contributed by atoms with Gasteiger partial charge < -0.3 is 70.4 Å². The van der Waals surface area contributed by atoms with Crippen molar-refractivity contribution in [2.45, 2.75) is 126 Å². The smallest absolute Gasteiger partial charge is 0.330 e. The molecule has 8 unspecified atom stereocenters. The molecule has 0 bridgehead atoms. The number of aromatic amines is 1. The van der Waals surface area contributed by atoms with Crippen molar-refractivity contribution in [1.82, 2.24) is 20.2 Å². The third kappa shape index (κ3) is 6.93. The topological polar surface area (TPSA) is 312 Å². The van der Waals surface area contributed by atoms with E-state index in [-0.39, 0.29) is 0 Å². The first-order valence-electron chi connectivity index (χ1n) is 15.1. The number of aliphatic hydroxyl groups excluding tert-OH is 7. The molecule has 3 aliphatic rings. The summed E-state index contributed by atoms with van der Waals surface area (Å²) in [4.78, 5) is 50.0. The number of rotatable bonds is 9. The van der Waals surface area contributed by atoms with Crippen molar-refractivity contribution in [3.8, 4) is 0 Å². The van der Waals surface area contributed by atoms with Crippen molar-refractivity contribution in [2.75, 3.05) is 6.61 Å².